The van der Waals surface area contributed by atoms with Crippen LogP contribution in [0.15, 0.2) is 42.5 Å². The van der Waals surface area contributed by atoms with E-state index in [1.54, 1.807) is 31.4 Å². The van der Waals surface area contributed by atoms with E-state index >= 15 is 0 Å². The van der Waals surface area contributed by atoms with Crippen molar-refractivity contribution >= 4 is 17.3 Å². The first-order valence-electron chi connectivity index (χ1n) is 13.3. The molecule has 6 nitrogen and oxygen atoms in total. The number of aromatic nitrogens is 2. The molecule has 10 heteroatoms. The molecule has 1 heterocycles. The molecule has 1 aromatic heterocycles. The summed E-state index contributed by atoms with van der Waals surface area (Å²) in [6, 6.07) is 12.7. The fourth-order valence-corrected chi connectivity index (χ4v) is 6.18. The summed E-state index contributed by atoms with van der Waals surface area (Å²) in [5.41, 5.74) is 1.44. The third kappa shape index (κ3) is 6.09. The maximum atomic E-state index is 13.0. The minimum absolute atomic E-state index is 0.134. The van der Waals surface area contributed by atoms with Crippen molar-refractivity contribution in [2.75, 3.05) is 7.11 Å². The van der Waals surface area contributed by atoms with E-state index in [1.807, 2.05) is 18.2 Å². The number of nitrogens with zero attached hydrogens (tertiary/aromatic N) is 2. The first-order valence-corrected chi connectivity index (χ1v) is 14.1. The van der Waals surface area contributed by atoms with Crippen LogP contribution in [0.25, 0.3) is 10.6 Å². The van der Waals surface area contributed by atoms with E-state index in [-0.39, 0.29) is 11.1 Å². The van der Waals surface area contributed by atoms with Gasteiger partial charge in [-0.15, -0.1) is 10.2 Å². The lowest BCUT2D eigenvalue weighted by molar-refractivity contribution is -0.143. The van der Waals surface area contributed by atoms with Gasteiger partial charge in [-0.1, -0.05) is 41.4 Å². The topological polar surface area (TPSA) is 81.5 Å². The van der Waals surface area contributed by atoms with Gasteiger partial charge in [0.25, 0.3) is 0 Å². The van der Waals surface area contributed by atoms with Crippen LogP contribution in [0.2, 0.25) is 0 Å². The molecule has 1 N–H and O–H groups in total. The number of carboxylic acids is 1. The van der Waals surface area contributed by atoms with Crippen LogP contribution < -0.4 is 9.47 Å². The largest absolute Gasteiger partial charge is 0.493 e. The van der Waals surface area contributed by atoms with E-state index in [0.717, 1.165) is 31.2 Å². The van der Waals surface area contributed by atoms with Crippen molar-refractivity contribution < 1.29 is 32.5 Å². The number of carbonyl (C=O) groups is 1. The Hall–Kier alpha value is -3.58. The summed E-state index contributed by atoms with van der Waals surface area (Å²) in [4.78, 5) is 11.7. The Balaban J connectivity index is 1.49. The number of alkyl halides is 3. The third-order valence-electron chi connectivity index (χ3n) is 7.72. The first-order chi connectivity index (χ1) is 19.2. The van der Waals surface area contributed by atoms with Crippen LogP contribution in [0.3, 0.4) is 0 Å². The second-order valence-corrected chi connectivity index (χ2v) is 11.3. The van der Waals surface area contributed by atoms with Gasteiger partial charge >= 0.3 is 12.1 Å². The zero-order valence-corrected chi connectivity index (χ0v) is 22.8. The second kappa shape index (κ2) is 11.5. The molecule has 210 valence electrons. The zero-order chi connectivity index (χ0) is 28.3. The minimum Gasteiger partial charge on any atom is -0.493 e. The molecule has 0 unspecified atom stereocenters. The van der Waals surface area contributed by atoms with Crippen LogP contribution in [0.1, 0.15) is 67.5 Å². The maximum Gasteiger partial charge on any atom is 0.445 e. The van der Waals surface area contributed by atoms with E-state index in [2.05, 4.69) is 22.0 Å². The summed E-state index contributed by atoms with van der Waals surface area (Å²) in [6.07, 6.45) is 1.91. The highest BCUT2D eigenvalue weighted by molar-refractivity contribution is 7.14. The number of hydrogen-bond donors (Lipinski definition) is 1. The predicted octanol–water partition coefficient (Wildman–Crippen LogP) is 7.12. The van der Waals surface area contributed by atoms with Gasteiger partial charge in [0.1, 0.15) is 5.01 Å². The van der Waals surface area contributed by atoms with E-state index in [9.17, 15) is 23.1 Å². The fraction of sp³-hybridized carbons (Fsp3) is 0.433. The van der Waals surface area contributed by atoms with Crippen LogP contribution in [0.5, 0.6) is 11.5 Å². The molecule has 3 aromatic rings. The molecular weight excluding hydrogens is 541 g/mol. The molecular formula is C30H29F3N2O4S. The van der Waals surface area contributed by atoms with Gasteiger partial charge < -0.3 is 14.6 Å². The molecule has 0 aliphatic heterocycles. The highest BCUT2D eigenvalue weighted by atomic mass is 32.1. The van der Waals surface area contributed by atoms with E-state index < -0.39 is 28.5 Å². The van der Waals surface area contributed by atoms with Crippen LogP contribution >= 0.6 is 11.3 Å². The lowest BCUT2D eigenvalue weighted by Gasteiger charge is -2.36. The van der Waals surface area contributed by atoms with Gasteiger partial charge in [0, 0.05) is 11.1 Å². The first kappa shape index (κ1) is 28.0. The summed E-state index contributed by atoms with van der Waals surface area (Å²) >= 11 is 0.488. The number of carboxylic acid groups (broad SMARTS) is 1. The van der Waals surface area contributed by atoms with E-state index in [1.165, 1.54) is 0 Å². The van der Waals surface area contributed by atoms with Crippen molar-refractivity contribution in [2.24, 2.45) is 5.92 Å². The molecule has 0 radical (unpaired) electrons. The van der Waals surface area contributed by atoms with Crippen LogP contribution in [-0.4, -0.2) is 34.5 Å². The lowest BCUT2D eigenvalue weighted by atomic mass is 9.67. The highest BCUT2D eigenvalue weighted by Gasteiger charge is 2.39. The van der Waals surface area contributed by atoms with Crippen molar-refractivity contribution in [3.05, 3.63) is 58.6 Å². The van der Waals surface area contributed by atoms with Crippen molar-refractivity contribution in [2.45, 2.75) is 69.1 Å². The van der Waals surface area contributed by atoms with Gasteiger partial charge in [-0.05, 0) is 81.2 Å². The summed E-state index contributed by atoms with van der Waals surface area (Å²) < 4.78 is 51.0. The Kier molecular flexibility index (Phi) is 8.04. The summed E-state index contributed by atoms with van der Waals surface area (Å²) in [7, 11) is 1.60. The summed E-state index contributed by atoms with van der Waals surface area (Å²) in [5.74, 6) is 6.75. The Morgan fingerprint density at radius 2 is 1.80 bits per heavy atom. The molecule has 0 saturated heterocycles. The number of ether oxygens (including phenoxy) is 2. The van der Waals surface area contributed by atoms with E-state index in [0.29, 0.717) is 59.6 Å². The van der Waals surface area contributed by atoms with Crippen LogP contribution in [0.4, 0.5) is 13.2 Å². The average molecular weight is 571 g/mol. The third-order valence-corrected chi connectivity index (χ3v) is 8.74. The van der Waals surface area contributed by atoms with Crippen molar-refractivity contribution in [1.82, 2.24) is 10.2 Å². The molecule has 0 bridgehead atoms. The standard InChI is InChI=1S/C30H29F3N2O4S/c1-38-24-10-9-22(18-25(24)39-23-7-2-3-8-23)29(15-12-20(13-16-29)27(36)37)14-11-19-5-4-6-21(17-19)26-34-35-28(40-26)30(31,32)33/h4-6,9-10,17-18,20,23H,2-3,7-8,12-13,15-16H2,1H3,(H,36,37). The molecule has 0 atom stereocenters. The van der Waals surface area contributed by atoms with Gasteiger partial charge in [-0.3, -0.25) is 4.79 Å². The highest BCUT2D eigenvalue weighted by Crippen LogP contribution is 2.44. The quantitative estimate of drug-likeness (QED) is 0.318. The van der Waals surface area contributed by atoms with Gasteiger partial charge in [-0.25, -0.2) is 0 Å². The molecule has 40 heavy (non-hydrogen) atoms. The van der Waals surface area contributed by atoms with Gasteiger partial charge in [0.05, 0.1) is 24.5 Å². The maximum absolute atomic E-state index is 13.0. The van der Waals surface area contributed by atoms with Gasteiger partial charge in [0.15, 0.2) is 11.5 Å². The second-order valence-electron chi connectivity index (χ2n) is 10.3. The minimum atomic E-state index is -4.55. The molecule has 0 amide bonds. The lowest BCUT2D eigenvalue weighted by Crippen LogP contribution is -2.33. The van der Waals surface area contributed by atoms with Gasteiger partial charge in [-0.2, -0.15) is 13.2 Å². The van der Waals surface area contributed by atoms with E-state index in [4.69, 9.17) is 9.47 Å². The molecule has 2 fully saturated rings. The van der Waals surface area contributed by atoms with Crippen molar-refractivity contribution in [3.8, 4) is 33.9 Å². The molecule has 0 spiro atoms. The number of rotatable bonds is 6. The summed E-state index contributed by atoms with van der Waals surface area (Å²) in [6.45, 7) is 0. The Morgan fingerprint density at radius 1 is 1.05 bits per heavy atom. The average Bonchev–Trinajstić information content (AvgIpc) is 3.65. The molecule has 2 saturated carbocycles. The number of aliphatic carboxylic acids is 1. The molecule has 2 aromatic carbocycles. The van der Waals surface area contributed by atoms with Crippen LogP contribution in [0, 0.1) is 17.8 Å². The number of benzene rings is 2. The monoisotopic (exact) mass is 570 g/mol. The number of halogens is 3. The van der Waals surface area contributed by atoms with Gasteiger partial charge in [0.2, 0.25) is 5.01 Å². The van der Waals surface area contributed by atoms with Crippen LogP contribution in [-0.2, 0) is 16.4 Å². The zero-order valence-electron chi connectivity index (χ0n) is 22.0. The smallest absolute Gasteiger partial charge is 0.445 e. The SMILES string of the molecule is COc1ccc(C2(C#Cc3cccc(-c4nnc(C(F)(F)F)s4)c3)CCC(C(=O)O)CC2)cc1OC1CCCC1. The Bertz CT molecular complexity index is 1430. The molecule has 2 aliphatic rings. The normalized spacial score (nSPS) is 21.4. The molecule has 2 aliphatic carbocycles. The molecule has 5 rings (SSSR count). The fourth-order valence-electron chi connectivity index (χ4n) is 5.47. The number of hydrogen-bond acceptors (Lipinski definition) is 6. The van der Waals surface area contributed by atoms with Crippen molar-refractivity contribution in [3.63, 3.8) is 0 Å². The number of methoxy groups -OCH3 is 1. The Morgan fingerprint density at radius 3 is 2.45 bits per heavy atom. The predicted molar refractivity (Wildman–Crippen MR) is 144 cm³/mol. The Labute approximate surface area is 234 Å². The summed E-state index contributed by atoms with van der Waals surface area (Å²) in [5, 5.41) is 15.8. The van der Waals surface area contributed by atoms with Crippen molar-refractivity contribution in [1.29, 1.82) is 0 Å².